The van der Waals surface area contributed by atoms with E-state index < -0.39 is 0 Å². The lowest BCUT2D eigenvalue weighted by molar-refractivity contribution is 1.16. The fourth-order valence-corrected chi connectivity index (χ4v) is 10.0. The van der Waals surface area contributed by atoms with Crippen LogP contribution in [0.4, 0.5) is 0 Å². The van der Waals surface area contributed by atoms with Gasteiger partial charge in [0.25, 0.3) is 0 Å². The van der Waals surface area contributed by atoms with Gasteiger partial charge in [-0.1, -0.05) is 152 Å². The van der Waals surface area contributed by atoms with Crippen molar-refractivity contribution in [2.45, 2.75) is 0 Å². The molecule has 10 aromatic carbocycles. The Balaban J connectivity index is 1.11. The van der Waals surface area contributed by atoms with Crippen LogP contribution in [0.1, 0.15) is 0 Å². The van der Waals surface area contributed by atoms with Crippen LogP contribution in [0.15, 0.2) is 212 Å². The quantitative estimate of drug-likeness (QED) is 0.170. The van der Waals surface area contributed by atoms with Gasteiger partial charge in [0.15, 0.2) is 0 Å². The molecule has 0 amide bonds. The van der Waals surface area contributed by atoms with Gasteiger partial charge in [-0.25, -0.2) is 0 Å². The highest BCUT2D eigenvalue weighted by atomic mass is 15.0. The van der Waals surface area contributed by atoms with Gasteiger partial charge in [-0.3, -0.25) is 0 Å². The number of benzene rings is 10. The maximum atomic E-state index is 2.53. The summed E-state index contributed by atoms with van der Waals surface area (Å²) in [6.45, 7) is 0. The van der Waals surface area contributed by atoms with Crippen LogP contribution in [-0.4, -0.2) is 13.7 Å². The van der Waals surface area contributed by atoms with Crippen LogP contribution in [-0.2, 0) is 0 Å². The first-order chi connectivity index (χ1) is 29.3. The van der Waals surface area contributed by atoms with Crippen LogP contribution in [0.3, 0.4) is 0 Å². The monoisotopic (exact) mass is 749 g/mol. The SMILES string of the molecule is c1ccc(-n2c3ccccc3c3ccc4c5cc(-c6ccc7c(c6)c6ccccc6n7-c6cccc7ccccc67)ccc5n(-c5cccc6ccccc56)c4c32)cc1. The highest BCUT2D eigenvalue weighted by Gasteiger charge is 2.23. The van der Waals surface area contributed by atoms with Gasteiger partial charge in [-0.05, 0) is 82.6 Å². The van der Waals surface area contributed by atoms with E-state index >= 15 is 0 Å². The highest BCUT2D eigenvalue weighted by molar-refractivity contribution is 6.24. The van der Waals surface area contributed by atoms with Gasteiger partial charge in [0.05, 0.1) is 44.5 Å². The molecule has 3 heteroatoms. The minimum absolute atomic E-state index is 1.15. The molecule has 3 aromatic heterocycles. The number of hydrogen-bond donors (Lipinski definition) is 0. The van der Waals surface area contributed by atoms with Crippen LogP contribution in [0, 0.1) is 0 Å². The van der Waals surface area contributed by atoms with E-state index in [1.54, 1.807) is 0 Å². The highest BCUT2D eigenvalue weighted by Crippen LogP contribution is 2.44. The fourth-order valence-electron chi connectivity index (χ4n) is 10.0. The number of aromatic nitrogens is 3. The zero-order valence-corrected chi connectivity index (χ0v) is 32.0. The second kappa shape index (κ2) is 12.3. The Labute approximate surface area is 339 Å². The van der Waals surface area contributed by atoms with Gasteiger partial charge >= 0.3 is 0 Å². The van der Waals surface area contributed by atoms with E-state index in [9.17, 15) is 0 Å². The van der Waals surface area contributed by atoms with Crippen LogP contribution in [0.2, 0.25) is 0 Å². The topological polar surface area (TPSA) is 14.8 Å². The third-order valence-corrected chi connectivity index (χ3v) is 12.6. The van der Waals surface area contributed by atoms with Gasteiger partial charge in [0.1, 0.15) is 0 Å². The number of nitrogens with zero attached hydrogens (tertiary/aromatic N) is 3. The summed E-state index contributed by atoms with van der Waals surface area (Å²) in [6.07, 6.45) is 0. The molecule has 0 bridgehead atoms. The van der Waals surface area contributed by atoms with E-state index in [1.165, 1.54) is 109 Å². The molecule has 0 aliphatic rings. The minimum atomic E-state index is 1.15. The minimum Gasteiger partial charge on any atom is -0.309 e. The van der Waals surface area contributed by atoms with E-state index in [1.807, 2.05) is 0 Å². The van der Waals surface area contributed by atoms with Crippen molar-refractivity contribution in [3.05, 3.63) is 212 Å². The standard InChI is InChI=1S/C56H35N3/c1-2-18-40(19-3-1)57-51-24-10-8-22-43(51)45-30-31-46-48-35-39(29-33-54(48)59(56(46)55(45)57)50-27-13-17-37-15-5-7-21-42(37)50)38-28-32-53-47(34-38)44-23-9-11-25-52(44)58(53)49-26-12-16-36-14-4-6-20-41(36)49/h1-35H. The molecular formula is C56H35N3. The molecule has 0 aliphatic carbocycles. The molecule has 3 nitrogen and oxygen atoms in total. The van der Waals surface area contributed by atoms with Crippen molar-refractivity contribution < 1.29 is 0 Å². The molecule has 0 radical (unpaired) electrons. The summed E-state index contributed by atoms with van der Waals surface area (Å²) < 4.78 is 7.43. The lowest BCUT2D eigenvalue weighted by Gasteiger charge is -2.14. The average molecular weight is 750 g/mol. The van der Waals surface area contributed by atoms with Gasteiger partial charge < -0.3 is 13.7 Å². The van der Waals surface area contributed by atoms with Crippen LogP contribution >= 0.6 is 0 Å². The molecule has 0 saturated carbocycles. The number of hydrogen-bond acceptors (Lipinski definition) is 0. The number of fused-ring (bicyclic) bond motifs is 12. The van der Waals surface area contributed by atoms with Gasteiger partial charge in [-0.2, -0.15) is 0 Å². The van der Waals surface area contributed by atoms with E-state index in [2.05, 4.69) is 226 Å². The van der Waals surface area contributed by atoms with Crippen molar-refractivity contribution in [3.63, 3.8) is 0 Å². The third-order valence-electron chi connectivity index (χ3n) is 12.6. The van der Waals surface area contributed by atoms with Gasteiger partial charge in [-0.15, -0.1) is 0 Å². The Morgan fingerprint density at radius 1 is 0.237 bits per heavy atom. The Morgan fingerprint density at radius 3 is 1.31 bits per heavy atom. The lowest BCUT2D eigenvalue weighted by atomic mass is 10.00. The maximum absolute atomic E-state index is 2.53. The molecule has 0 unspecified atom stereocenters. The predicted molar refractivity (Wildman–Crippen MR) is 250 cm³/mol. The summed E-state index contributed by atoms with van der Waals surface area (Å²) in [5.41, 5.74) is 13.1. The van der Waals surface area contributed by atoms with E-state index in [4.69, 9.17) is 0 Å². The molecule has 274 valence electrons. The van der Waals surface area contributed by atoms with E-state index in [0.717, 1.165) is 5.69 Å². The van der Waals surface area contributed by atoms with Crippen molar-refractivity contribution in [2.75, 3.05) is 0 Å². The molecule has 59 heavy (non-hydrogen) atoms. The van der Waals surface area contributed by atoms with E-state index in [0.29, 0.717) is 0 Å². The number of rotatable bonds is 4. The summed E-state index contributed by atoms with van der Waals surface area (Å²) in [6, 6.07) is 78.0. The summed E-state index contributed by atoms with van der Waals surface area (Å²) in [7, 11) is 0. The third kappa shape index (κ3) is 4.58. The van der Waals surface area contributed by atoms with Crippen LogP contribution < -0.4 is 0 Å². The first-order valence-corrected chi connectivity index (χ1v) is 20.4. The lowest BCUT2D eigenvalue weighted by Crippen LogP contribution is -1.99. The van der Waals surface area contributed by atoms with Crippen molar-refractivity contribution in [1.82, 2.24) is 13.7 Å². The first-order valence-electron chi connectivity index (χ1n) is 20.4. The number of para-hydroxylation sites is 3. The van der Waals surface area contributed by atoms with Crippen molar-refractivity contribution in [3.8, 4) is 28.2 Å². The Hall–Kier alpha value is -7.88. The zero-order valence-electron chi connectivity index (χ0n) is 32.0. The zero-order chi connectivity index (χ0) is 38.6. The smallest absolute Gasteiger partial charge is 0.0789 e. The second-order valence-electron chi connectivity index (χ2n) is 15.7. The van der Waals surface area contributed by atoms with Crippen LogP contribution in [0.5, 0.6) is 0 Å². The largest absolute Gasteiger partial charge is 0.309 e. The molecule has 13 aromatic rings. The Morgan fingerprint density at radius 2 is 0.661 bits per heavy atom. The predicted octanol–water partition coefficient (Wildman–Crippen LogP) is 15.0. The molecule has 13 rings (SSSR count). The Kier molecular flexibility index (Phi) is 6.72. The van der Waals surface area contributed by atoms with Gasteiger partial charge in [0.2, 0.25) is 0 Å². The summed E-state index contributed by atoms with van der Waals surface area (Å²) >= 11 is 0. The fraction of sp³-hybridized carbons (Fsp3) is 0. The first kappa shape index (κ1) is 32.2. The maximum Gasteiger partial charge on any atom is 0.0789 e. The second-order valence-corrected chi connectivity index (χ2v) is 15.7. The molecule has 0 fully saturated rings. The Bertz CT molecular complexity index is 3830. The summed E-state index contributed by atoms with van der Waals surface area (Å²) in [4.78, 5) is 0. The molecule has 0 spiro atoms. The average Bonchev–Trinajstić information content (AvgIpc) is 3.94. The van der Waals surface area contributed by atoms with E-state index in [-0.39, 0.29) is 0 Å². The summed E-state index contributed by atoms with van der Waals surface area (Å²) in [5.74, 6) is 0. The van der Waals surface area contributed by atoms with Crippen LogP contribution in [0.25, 0.3) is 115 Å². The molecule has 3 heterocycles. The van der Waals surface area contributed by atoms with Gasteiger partial charge in [0, 0.05) is 48.8 Å². The van der Waals surface area contributed by atoms with Crippen molar-refractivity contribution in [2.24, 2.45) is 0 Å². The van der Waals surface area contributed by atoms with Crippen molar-refractivity contribution in [1.29, 1.82) is 0 Å². The molecule has 0 N–H and O–H groups in total. The molecular weight excluding hydrogens is 715 g/mol. The normalized spacial score (nSPS) is 12.1. The van der Waals surface area contributed by atoms with Crippen molar-refractivity contribution >= 4 is 87.0 Å². The molecule has 0 atom stereocenters. The molecule has 0 saturated heterocycles. The molecule has 0 aliphatic heterocycles. The summed E-state index contributed by atoms with van der Waals surface area (Å²) in [5, 5.41) is 12.4.